The summed E-state index contributed by atoms with van der Waals surface area (Å²) in [5.41, 5.74) is 1.70. The van der Waals surface area contributed by atoms with Gasteiger partial charge in [0.2, 0.25) is 0 Å². The lowest BCUT2D eigenvalue weighted by molar-refractivity contribution is -0.382. The number of rotatable bonds is 3. The molecular formula is C17H11N3O2. The summed E-state index contributed by atoms with van der Waals surface area (Å²) in [6, 6.07) is 19.5. The molecule has 106 valence electrons. The highest BCUT2D eigenvalue weighted by Crippen LogP contribution is 2.35. The Morgan fingerprint density at radius 2 is 1.73 bits per heavy atom. The zero-order valence-corrected chi connectivity index (χ0v) is 11.5. The van der Waals surface area contributed by atoms with Crippen LogP contribution in [0.25, 0.3) is 10.8 Å². The number of anilines is 2. The van der Waals surface area contributed by atoms with Gasteiger partial charge < -0.3 is 5.32 Å². The molecule has 0 bridgehead atoms. The van der Waals surface area contributed by atoms with Crippen molar-refractivity contribution in [2.45, 2.75) is 0 Å². The Labute approximate surface area is 126 Å². The van der Waals surface area contributed by atoms with Crippen LogP contribution in [-0.4, -0.2) is 4.92 Å². The number of nitro groups is 1. The summed E-state index contributed by atoms with van der Waals surface area (Å²) >= 11 is 0. The van der Waals surface area contributed by atoms with Gasteiger partial charge in [-0.05, 0) is 41.8 Å². The second-order valence-corrected chi connectivity index (χ2v) is 4.75. The number of nitriles is 1. The van der Waals surface area contributed by atoms with Crippen molar-refractivity contribution in [3.8, 4) is 6.07 Å². The van der Waals surface area contributed by atoms with Crippen molar-refractivity contribution in [2.24, 2.45) is 0 Å². The summed E-state index contributed by atoms with van der Waals surface area (Å²) in [4.78, 5) is 11.1. The van der Waals surface area contributed by atoms with E-state index < -0.39 is 0 Å². The molecule has 22 heavy (non-hydrogen) atoms. The Bertz CT molecular complexity index is 896. The maximum Gasteiger partial charge on any atom is 0.300 e. The number of fused-ring (bicyclic) bond motifs is 1. The van der Waals surface area contributed by atoms with Gasteiger partial charge in [-0.2, -0.15) is 5.26 Å². The molecule has 5 heteroatoms. The monoisotopic (exact) mass is 289 g/mol. The van der Waals surface area contributed by atoms with Crippen molar-refractivity contribution < 1.29 is 4.92 Å². The minimum Gasteiger partial charge on any atom is -0.350 e. The van der Waals surface area contributed by atoms with E-state index in [9.17, 15) is 10.1 Å². The average Bonchev–Trinajstić information content (AvgIpc) is 2.55. The molecular weight excluding hydrogens is 278 g/mol. The Balaban J connectivity index is 2.08. The van der Waals surface area contributed by atoms with Crippen LogP contribution in [0.15, 0.2) is 60.7 Å². The fourth-order valence-electron chi connectivity index (χ4n) is 2.34. The number of hydrogen-bond acceptors (Lipinski definition) is 4. The summed E-state index contributed by atoms with van der Waals surface area (Å²) in [5.74, 6) is 0. The molecule has 3 rings (SSSR count). The van der Waals surface area contributed by atoms with E-state index in [1.54, 1.807) is 42.5 Å². The Morgan fingerprint density at radius 3 is 2.41 bits per heavy atom. The molecule has 1 N–H and O–H groups in total. The van der Waals surface area contributed by atoms with Crippen molar-refractivity contribution in [1.29, 1.82) is 5.26 Å². The van der Waals surface area contributed by atoms with Crippen LogP contribution < -0.4 is 5.32 Å². The van der Waals surface area contributed by atoms with E-state index in [1.165, 1.54) is 0 Å². The fourth-order valence-corrected chi connectivity index (χ4v) is 2.34. The summed E-state index contributed by atoms with van der Waals surface area (Å²) < 4.78 is 0. The Hall–Kier alpha value is -3.39. The first-order valence-corrected chi connectivity index (χ1v) is 6.62. The fraction of sp³-hybridized carbons (Fsp3) is 0. The largest absolute Gasteiger partial charge is 0.350 e. The van der Waals surface area contributed by atoms with Gasteiger partial charge in [-0.1, -0.05) is 24.3 Å². The molecule has 0 unspecified atom stereocenters. The molecule has 0 aliphatic rings. The van der Waals surface area contributed by atoms with Crippen molar-refractivity contribution in [3.05, 3.63) is 76.3 Å². The van der Waals surface area contributed by atoms with Crippen LogP contribution in [-0.2, 0) is 0 Å². The van der Waals surface area contributed by atoms with Crippen LogP contribution in [0.5, 0.6) is 0 Å². The lowest BCUT2D eigenvalue weighted by Crippen LogP contribution is -1.98. The van der Waals surface area contributed by atoms with Crippen molar-refractivity contribution in [3.63, 3.8) is 0 Å². The van der Waals surface area contributed by atoms with Crippen LogP contribution in [0.2, 0.25) is 0 Å². The van der Waals surface area contributed by atoms with E-state index >= 15 is 0 Å². The first-order valence-electron chi connectivity index (χ1n) is 6.62. The van der Waals surface area contributed by atoms with Gasteiger partial charge in [0.15, 0.2) is 0 Å². The third-order valence-electron chi connectivity index (χ3n) is 3.38. The summed E-state index contributed by atoms with van der Waals surface area (Å²) in [7, 11) is 0. The number of benzene rings is 3. The predicted octanol–water partition coefficient (Wildman–Crippen LogP) is 4.36. The Morgan fingerprint density at radius 1 is 1.00 bits per heavy atom. The topological polar surface area (TPSA) is 79.0 Å². The van der Waals surface area contributed by atoms with Gasteiger partial charge in [0, 0.05) is 5.69 Å². The summed E-state index contributed by atoms with van der Waals surface area (Å²) in [6.07, 6.45) is 0. The summed E-state index contributed by atoms with van der Waals surface area (Å²) in [5, 5.41) is 24.7. The molecule has 0 aliphatic heterocycles. The zero-order chi connectivity index (χ0) is 15.5. The average molecular weight is 289 g/mol. The SMILES string of the molecule is N#Cc1ccc(Nc2ccc3ccccc3c2[N+](=O)[O-])cc1. The van der Waals surface area contributed by atoms with Crippen LogP contribution >= 0.6 is 0 Å². The molecule has 0 atom stereocenters. The predicted molar refractivity (Wildman–Crippen MR) is 85.0 cm³/mol. The smallest absolute Gasteiger partial charge is 0.300 e. The number of nitro benzene ring substituents is 1. The molecule has 0 aliphatic carbocycles. The maximum atomic E-state index is 11.4. The first-order chi connectivity index (χ1) is 10.7. The molecule has 0 spiro atoms. The van der Waals surface area contributed by atoms with Crippen molar-refractivity contribution in [1.82, 2.24) is 0 Å². The highest BCUT2D eigenvalue weighted by molar-refractivity contribution is 5.97. The van der Waals surface area contributed by atoms with Crippen molar-refractivity contribution in [2.75, 3.05) is 5.32 Å². The highest BCUT2D eigenvalue weighted by Gasteiger charge is 2.18. The molecule has 0 radical (unpaired) electrons. The molecule has 0 heterocycles. The number of nitrogens with zero attached hydrogens (tertiary/aromatic N) is 2. The molecule has 5 nitrogen and oxygen atoms in total. The molecule has 3 aromatic rings. The van der Waals surface area contributed by atoms with Crippen LogP contribution in [0, 0.1) is 21.4 Å². The molecule has 0 fully saturated rings. The number of hydrogen-bond donors (Lipinski definition) is 1. The summed E-state index contributed by atoms with van der Waals surface area (Å²) in [6.45, 7) is 0. The zero-order valence-electron chi connectivity index (χ0n) is 11.5. The lowest BCUT2D eigenvalue weighted by Gasteiger charge is -2.09. The molecule has 0 aromatic heterocycles. The third kappa shape index (κ3) is 2.45. The Kier molecular flexibility index (Phi) is 3.42. The van der Waals surface area contributed by atoms with E-state index in [4.69, 9.17) is 5.26 Å². The second kappa shape index (κ2) is 5.54. The minimum absolute atomic E-state index is 0.0439. The van der Waals surface area contributed by atoms with Gasteiger partial charge in [0.05, 0.1) is 21.9 Å². The van der Waals surface area contributed by atoms with Gasteiger partial charge in [-0.25, -0.2) is 0 Å². The van der Waals surface area contributed by atoms with E-state index in [1.807, 2.05) is 24.3 Å². The van der Waals surface area contributed by atoms with E-state index in [2.05, 4.69) is 5.32 Å². The first kappa shape index (κ1) is 13.6. The van der Waals surface area contributed by atoms with Crippen LogP contribution in [0.3, 0.4) is 0 Å². The minimum atomic E-state index is -0.381. The number of nitrogens with one attached hydrogen (secondary N) is 1. The quantitative estimate of drug-likeness (QED) is 0.573. The van der Waals surface area contributed by atoms with E-state index in [0.29, 0.717) is 22.3 Å². The van der Waals surface area contributed by atoms with Gasteiger partial charge in [0.25, 0.3) is 5.69 Å². The van der Waals surface area contributed by atoms with Gasteiger partial charge in [-0.15, -0.1) is 0 Å². The van der Waals surface area contributed by atoms with Crippen LogP contribution in [0.1, 0.15) is 5.56 Å². The second-order valence-electron chi connectivity index (χ2n) is 4.75. The van der Waals surface area contributed by atoms with E-state index in [0.717, 1.165) is 5.39 Å². The van der Waals surface area contributed by atoms with E-state index in [-0.39, 0.29) is 10.6 Å². The van der Waals surface area contributed by atoms with Gasteiger partial charge in [-0.3, -0.25) is 10.1 Å². The molecule has 3 aromatic carbocycles. The maximum absolute atomic E-state index is 11.4. The third-order valence-corrected chi connectivity index (χ3v) is 3.38. The standard InChI is InChI=1S/C17H11N3O2/c18-11-12-5-8-14(9-6-12)19-16-10-7-13-3-1-2-4-15(13)17(16)20(21)22/h1-10,19H. The normalized spacial score (nSPS) is 10.1. The highest BCUT2D eigenvalue weighted by atomic mass is 16.6. The lowest BCUT2D eigenvalue weighted by atomic mass is 10.1. The van der Waals surface area contributed by atoms with Crippen LogP contribution in [0.4, 0.5) is 17.1 Å². The molecule has 0 amide bonds. The van der Waals surface area contributed by atoms with Gasteiger partial charge in [0.1, 0.15) is 5.69 Å². The van der Waals surface area contributed by atoms with Gasteiger partial charge >= 0.3 is 0 Å². The molecule has 0 saturated carbocycles. The van der Waals surface area contributed by atoms with Crippen molar-refractivity contribution >= 4 is 27.8 Å². The molecule has 0 saturated heterocycles.